The number of aliphatic hydroxyl groups is 1. The van der Waals surface area contributed by atoms with Crippen LogP contribution in [0.5, 0.6) is 0 Å². The van der Waals surface area contributed by atoms with Gasteiger partial charge in [0.2, 0.25) is 17.2 Å². The molecule has 0 atom stereocenters. The van der Waals surface area contributed by atoms with Crippen LogP contribution in [0.15, 0.2) is 0 Å². The first-order chi connectivity index (χ1) is 9.39. The zero-order valence-electron chi connectivity index (χ0n) is 12.3. The fraction of sp³-hybridized carbons (Fsp3) is 0.769. The molecule has 6 nitrogen and oxygen atoms in total. The smallest absolute Gasteiger partial charge is 0.231 e. The predicted octanol–water partition coefficient (Wildman–Crippen LogP) is 1.72. The Bertz CT molecular complexity index is 457. The highest BCUT2D eigenvalue weighted by Crippen LogP contribution is 2.21. The van der Waals surface area contributed by atoms with Crippen LogP contribution in [-0.4, -0.2) is 51.8 Å². The van der Waals surface area contributed by atoms with Crippen molar-refractivity contribution in [2.24, 2.45) is 0 Å². The van der Waals surface area contributed by atoms with Crippen LogP contribution in [0, 0.1) is 0 Å². The summed E-state index contributed by atoms with van der Waals surface area (Å²) in [6, 6.07) is 0. The quantitative estimate of drug-likeness (QED) is 0.893. The molecule has 0 aliphatic carbocycles. The van der Waals surface area contributed by atoms with E-state index in [1.54, 1.807) is 13.8 Å². The van der Waals surface area contributed by atoms with Gasteiger partial charge in [0.25, 0.3) is 0 Å². The van der Waals surface area contributed by atoms with Crippen molar-refractivity contribution < 1.29 is 5.11 Å². The van der Waals surface area contributed by atoms with E-state index < -0.39 is 5.60 Å². The van der Waals surface area contributed by atoms with Crippen LogP contribution in [-0.2, 0) is 0 Å². The van der Waals surface area contributed by atoms with E-state index in [0.717, 1.165) is 25.9 Å². The Balaban J connectivity index is 2.25. The van der Waals surface area contributed by atoms with Crippen LogP contribution < -0.4 is 9.80 Å². The van der Waals surface area contributed by atoms with Crippen molar-refractivity contribution in [3.63, 3.8) is 0 Å². The second-order valence-corrected chi connectivity index (χ2v) is 6.06. The topological polar surface area (TPSA) is 65.4 Å². The monoisotopic (exact) mass is 299 g/mol. The van der Waals surface area contributed by atoms with Crippen LogP contribution >= 0.6 is 11.6 Å². The van der Waals surface area contributed by atoms with Gasteiger partial charge >= 0.3 is 0 Å². The molecule has 1 aromatic rings. The van der Waals surface area contributed by atoms with E-state index in [0.29, 0.717) is 25.0 Å². The lowest BCUT2D eigenvalue weighted by Gasteiger charge is -2.28. The molecule has 1 saturated heterocycles. The Hall–Kier alpha value is -1.14. The number of anilines is 2. The van der Waals surface area contributed by atoms with Gasteiger partial charge in [0.05, 0.1) is 5.60 Å². The molecular weight excluding hydrogens is 278 g/mol. The van der Waals surface area contributed by atoms with E-state index in [1.165, 1.54) is 0 Å². The van der Waals surface area contributed by atoms with Gasteiger partial charge in [-0.15, -0.1) is 0 Å². The van der Waals surface area contributed by atoms with Crippen LogP contribution in [0.4, 0.5) is 11.9 Å². The van der Waals surface area contributed by atoms with Crippen molar-refractivity contribution in [1.82, 2.24) is 15.0 Å². The maximum Gasteiger partial charge on any atom is 0.231 e. The molecule has 112 valence electrons. The zero-order chi connectivity index (χ0) is 14.8. The Kier molecular flexibility index (Phi) is 4.65. The van der Waals surface area contributed by atoms with Crippen LogP contribution in [0.2, 0.25) is 5.28 Å². The lowest BCUT2D eigenvalue weighted by atomic mass is 10.1. The number of nitrogens with zero attached hydrogens (tertiary/aromatic N) is 5. The van der Waals surface area contributed by atoms with Gasteiger partial charge in [-0.2, -0.15) is 15.0 Å². The Labute approximate surface area is 124 Å². The molecule has 0 bridgehead atoms. The third-order valence-corrected chi connectivity index (χ3v) is 3.38. The molecule has 0 aromatic carbocycles. The van der Waals surface area contributed by atoms with Gasteiger partial charge in [-0.1, -0.05) is 0 Å². The van der Waals surface area contributed by atoms with Gasteiger partial charge in [-0.05, 0) is 45.2 Å². The summed E-state index contributed by atoms with van der Waals surface area (Å²) in [5, 5.41) is 10.2. The van der Waals surface area contributed by atoms with Crippen molar-refractivity contribution in [2.45, 2.75) is 39.2 Å². The molecule has 0 unspecified atom stereocenters. The van der Waals surface area contributed by atoms with Crippen LogP contribution in [0.3, 0.4) is 0 Å². The van der Waals surface area contributed by atoms with Gasteiger partial charge in [0.15, 0.2) is 0 Å². The van der Waals surface area contributed by atoms with Gasteiger partial charge in [-0.25, -0.2) is 0 Å². The summed E-state index contributed by atoms with van der Waals surface area (Å²) in [5.74, 6) is 1.16. The summed E-state index contributed by atoms with van der Waals surface area (Å²) in [5.41, 5.74) is -0.817. The van der Waals surface area contributed by atoms with E-state index in [-0.39, 0.29) is 5.28 Å². The third-order valence-electron chi connectivity index (χ3n) is 3.22. The molecule has 0 amide bonds. The molecule has 20 heavy (non-hydrogen) atoms. The molecular formula is C13H22ClN5O. The molecule has 1 N–H and O–H groups in total. The van der Waals surface area contributed by atoms with Crippen molar-refractivity contribution >= 4 is 23.5 Å². The van der Waals surface area contributed by atoms with Crippen molar-refractivity contribution in [3.05, 3.63) is 5.28 Å². The molecule has 1 aliphatic heterocycles. The summed E-state index contributed by atoms with van der Waals surface area (Å²) >= 11 is 6.02. The zero-order valence-corrected chi connectivity index (χ0v) is 13.1. The number of hydrogen-bond acceptors (Lipinski definition) is 6. The van der Waals surface area contributed by atoms with E-state index >= 15 is 0 Å². The fourth-order valence-corrected chi connectivity index (χ4v) is 2.47. The molecule has 0 saturated carbocycles. The highest BCUT2D eigenvalue weighted by Gasteiger charge is 2.22. The number of hydrogen-bond donors (Lipinski definition) is 1. The first-order valence-corrected chi connectivity index (χ1v) is 7.40. The molecule has 2 heterocycles. The highest BCUT2D eigenvalue weighted by molar-refractivity contribution is 6.28. The third kappa shape index (κ3) is 3.93. The Morgan fingerprint density at radius 2 is 1.90 bits per heavy atom. The van der Waals surface area contributed by atoms with E-state index in [4.69, 9.17) is 11.6 Å². The van der Waals surface area contributed by atoms with Gasteiger partial charge in [0, 0.05) is 26.2 Å². The molecule has 1 aromatic heterocycles. The normalized spacial score (nSPS) is 15.8. The Morgan fingerprint density at radius 3 is 2.45 bits per heavy atom. The minimum atomic E-state index is -0.817. The maximum atomic E-state index is 9.97. The molecule has 1 aliphatic rings. The van der Waals surface area contributed by atoms with Crippen molar-refractivity contribution in [3.8, 4) is 0 Å². The van der Waals surface area contributed by atoms with Gasteiger partial charge in [-0.3, -0.25) is 0 Å². The van der Waals surface area contributed by atoms with Crippen molar-refractivity contribution in [1.29, 1.82) is 0 Å². The molecule has 1 fully saturated rings. The second-order valence-electron chi connectivity index (χ2n) is 5.73. The second kappa shape index (κ2) is 6.10. The predicted molar refractivity (Wildman–Crippen MR) is 80.5 cm³/mol. The van der Waals surface area contributed by atoms with Gasteiger partial charge < -0.3 is 14.9 Å². The first-order valence-electron chi connectivity index (χ1n) is 7.03. The van der Waals surface area contributed by atoms with E-state index in [2.05, 4.69) is 19.9 Å². The number of likely N-dealkylation sites (N-methyl/N-ethyl adjacent to an activating group) is 1. The summed E-state index contributed by atoms with van der Waals surface area (Å²) in [7, 11) is 0. The Morgan fingerprint density at radius 1 is 1.25 bits per heavy atom. The SMILES string of the molecule is CCN(CC(C)(C)O)c1nc(Cl)nc(N2CCCC2)n1. The average molecular weight is 300 g/mol. The number of halogens is 1. The molecule has 7 heteroatoms. The average Bonchev–Trinajstić information content (AvgIpc) is 2.88. The van der Waals surface area contributed by atoms with Gasteiger partial charge in [0.1, 0.15) is 0 Å². The minimum Gasteiger partial charge on any atom is -0.389 e. The largest absolute Gasteiger partial charge is 0.389 e. The number of aromatic nitrogens is 3. The first kappa shape index (κ1) is 15.3. The fourth-order valence-electron chi connectivity index (χ4n) is 2.32. The lowest BCUT2D eigenvalue weighted by molar-refractivity contribution is 0.0872. The highest BCUT2D eigenvalue weighted by atomic mass is 35.5. The summed E-state index contributed by atoms with van der Waals surface area (Å²) in [4.78, 5) is 16.9. The maximum absolute atomic E-state index is 9.97. The minimum absolute atomic E-state index is 0.200. The summed E-state index contributed by atoms with van der Waals surface area (Å²) in [6.45, 7) is 8.58. The molecule has 0 spiro atoms. The van der Waals surface area contributed by atoms with E-state index in [9.17, 15) is 5.11 Å². The van der Waals surface area contributed by atoms with Crippen molar-refractivity contribution in [2.75, 3.05) is 36.0 Å². The number of rotatable bonds is 5. The molecule has 2 rings (SSSR count). The summed E-state index contributed by atoms with van der Waals surface area (Å²) < 4.78 is 0. The lowest BCUT2D eigenvalue weighted by Crippen LogP contribution is -2.39. The standard InChI is InChI=1S/C13H22ClN5O/c1-4-18(9-13(2,3)20)11-15-10(14)16-12(17-11)19-7-5-6-8-19/h20H,4-9H2,1-3H3. The molecule has 0 radical (unpaired) electrons. The van der Waals surface area contributed by atoms with E-state index in [1.807, 2.05) is 11.8 Å². The summed E-state index contributed by atoms with van der Waals surface area (Å²) in [6.07, 6.45) is 2.31. The van der Waals surface area contributed by atoms with Crippen LogP contribution in [0.25, 0.3) is 0 Å². The van der Waals surface area contributed by atoms with Crippen LogP contribution in [0.1, 0.15) is 33.6 Å².